The van der Waals surface area contributed by atoms with Gasteiger partial charge in [-0.3, -0.25) is 4.79 Å². The Hall–Kier alpha value is -0.820. The molecule has 7 heteroatoms. The molecule has 0 spiro atoms. The lowest BCUT2D eigenvalue weighted by atomic mass is 9.98. The summed E-state index contributed by atoms with van der Waals surface area (Å²) in [4.78, 5) is 13.2. The fourth-order valence-electron chi connectivity index (χ4n) is 2.09. The number of carbonyl (C=O) groups excluding carboxylic acids is 1. The van der Waals surface area contributed by atoms with Crippen molar-refractivity contribution in [3.05, 3.63) is 0 Å². The van der Waals surface area contributed by atoms with Gasteiger partial charge >= 0.3 is 6.18 Å². The van der Waals surface area contributed by atoms with Crippen LogP contribution < -0.4 is 5.32 Å². The molecule has 0 aromatic carbocycles. The number of amides is 1. The first-order valence-electron chi connectivity index (χ1n) is 5.99. The van der Waals surface area contributed by atoms with Crippen LogP contribution >= 0.6 is 0 Å². The zero-order valence-corrected chi connectivity index (χ0v) is 10.4. The monoisotopic (exact) mass is 268 g/mol. The van der Waals surface area contributed by atoms with E-state index in [2.05, 4.69) is 10.1 Å². The van der Waals surface area contributed by atoms with Gasteiger partial charge in [-0.2, -0.15) is 13.2 Å². The summed E-state index contributed by atoms with van der Waals surface area (Å²) in [7, 11) is 1.84. The Morgan fingerprint density at radius 3 is 2.83 bits per heavy atom. The Kier molecular flexibility index (Phi) is 5.87. The number of hydrogen-bond donors (Lipinski definition) is 1. The van der Waals surface area contributed by atoms with Crippen LogP contribution in [0.3, 0.4) is 0 Å². The third kappa shape index (κ3) is 5.68. The molecule has 1 amide bonds. The second-order valence-electron chi connectivity index (χ2n) is 4.51. The Labute approximate surface area is 104 Å². The highest BCUT2D eigenvalue weighted by molar-refractivity contribution is 5.77. The number of nitrogens with one attached hydrogen (secondary N) is 1. The molecule has 1 atom stereocenters. The van der Waals surface area contributed by atoms with E-state index >= 15 is 0 Å². The van der Waals surface area contributed by atoms with Crippen molar-refractivity contribution in [3.63, 3.8) is 0 Å². The van der Waals surface area contributed by atoms with Crippen LogP contribution in [-0.2, 0) is 9.53 Å². The first-order chi connectivity index (χ1) is 8.42. The molecule has 18 heavy (non-hydrogen) atoms. The van der Waals surface area contributed by atoms with E-state index in [1.54, 1.807) is 4.90 Å². The van der Waals surface area contributed by atoms with Gasteiger partial charge in [-0.05, 0) is 32.4 Å². The summed E-state index contributed by atoms with van der Waals surface area (Å²) >= 11 is 0. The van der Waals surface area contributed by atoms with E-state index in [1.165, 1.54) is 0 Å². The first kappa shape index (κ1) is 15.2. The minimum Gasteiger partial charge on any atom is -0.362 e. The van der Waals surface area contributed by atoms with E-state index in [0.717, 1.165) is 19.4 Å². The lowest BCUT2D eigenvalue weighted by Gasteiger charge is -2.32. The van der Waals surface area contributed by atoms with Crippen LogP contribution in [0.15, 0.2) is 0 Å². The predicted octanol–water partition coefficient (Wildman–Crippen LogP) is 1.02. The van der Waals surface area contributed by atoms with Gasteiger partial charge < -0.3 is 15.0 Å². The van der Waals surface area contributed by atoms with E-state index < -0.39 is 19.4 Å². The van der Waals surface area contributed by atoms with E-state index in [1.807, 2.05) is 7.05 Å². The van der Waals surface area contributed by atoms with E-state index in [0.29, 0.717) is 19.0 Å². The fraction of sp³-hybridized carbons (Fsp3) is 0.909. The van der Waals surface area contributed by atoms with Crippen molar-refractivity contribution in [1.82, 2.24) is 10.2 Å². The van der Waals surface area contributed by atoms with Gasteiger partial charge in [0, 0.05) is 13.1 Å². The highest BCUT2D eigenvalue weighted by atomic mass is 19.4. The van der Waals surface area contributed by atoms with Gasteiger partial charge in [0.15, 0.2) is 0 Å². The molecule has 1 fully saturated rings. The molecule has 4 nitrogen and oxygen atoms in total. The molecule has 1 unspecified atom stereocenters. The number of carbonyl (C=O) groups is 1. The van der Waals surface area contributed by atoms with Crippen LogP contribution in [0.5, 0.6) is 0 Å². The van der Waals surface area contributed by atoms with Crippen molar-refractivity contribution in [2.45, 2.75) is 19.0 Å². The SMILES string of the molecule is CNCC1CCCN(C(=O)COCC(F)(F)F)C1. The molecule has 1 rings (SSSR count). The summed E-state index contributed by atoms with van der Waals surface area (Å²) < 4.78 is 39.9. The van der Waals surface area contributed by atoms with E-state index in [9.17, 15) is 18.0 Å². The molecule has 1 N–H and O–H groups in total. The van der Waals surface area contributed by atoms with Crippen LogP contribution in [0, 0.1) is 5.92 Å². The van der Waals surface area contributed by atoms with Crippen LogP contribution in [0.1, 0.15) is 12.8 Å². The summed E-state index contributed by atoms with van der Waals surface area (Å²) in [5.41, 5.74) is 0. The van der Waals surface area contributed by atoms with Gasteiger partial charge in [0.05, 0.1) is 0 Å². The maximum Gasteiger partial charge on any atom is 0.411 e. The quantitative estimate of drug-likeness (QED) is 0.809. The average molecular weight is 268 g/mol. The molecular formula is C11H19F3N2O2. The molecule has 1 heterocycles. The molecule has 0 radical (unpaired) electrons. The topological polar surface area (TPSA) is 41.6 Å². The molecule has 0 bridgehead atoms. The lowest BCUT2D eigenvalue weighted by Crippen LogP contribution is -2.44. The first-order valence-corrected chi connectivity index (χ1v) is 5.99. The number of halogens is 3. The highest BCUT2D eigenvalue weighted by Crippen LogP contribution is 2.17. The van der Waals surface area contributed by atoms with Crippen molar-refractivity contribution in [1.29, 1.82) is 0 Å². The fourth-order valence-corrected chi connectivity index (χ4v) is 2.09. The molecule has 1 aliphatic rings. The molecular weight excluding hydrogens is 249 g/mol. The van der Waals surface area contributed by atoms with Crippen LogP contribution in [0.25, 0.3) is 0 Å². The molecule has 0 aromatic rings. The number of hydrogen-bond acceptors (Lipinski definition) is 3. The van der Waals surface area contributed by atoms with Crippen LogP contribution in [-0.4, -0.2) is 56.9 Å². The van der Waals surface area contributed by atoms with Crippen LogP contribution in [0.2, 0.25) is 0 Å². The Morgan fingerprint density at radius 1 is 1.50 bits per heavy atom. The second-order valence-corrected chi connectivity index (χ2v) is 4.51. The van der Waals surface area contributed by atoms with Gasteiger partial charge in [-0.1, -0.05) is 0 Å². The molecule has 1 aliphatic heterocycles. The predicted molar refractivity (Wildman–Crippen MR) is 60.1 cm³/mol. The van der Waals surface area contributed by atoms with Crippen molar-refractivity contribution >= 4 is 5.91 Å². The van der Waals surface area contributed by atoms with Crippen LogP contribution in [0.4, 0.5) is 13.2 Å². The molecule has 106 valence electrons. The summed E-state index contributed by atoms with van der Waals surface area (Å²) in [6.07, 6.45) is -2.46. The van der Waals surface area contributed by atoms with Gasteiger partial charge in [0.1, 0.15) is 13.2 Å². The Morgan fingerprint density at radius 2 is 2.22 bits per heavy atom. The van der Waals surface area contributed by atoms with Gasteiger partial charge in [-0.25, -0.2) is 0 Å². The standard InChI is InChI=1S/C11H19F3N2O2/c1-15-5-9-3-2-4-16(6-9)10(17)7-18-8-11(12,13)14/h9,15H,2-8H2,1H3. The molecule has 0 aliphatic carbocycles. The minimum atomic E-state index is -4.38. The van der Waals surface area contributed by atoms with Gasteiger partial charge in [0.25, 0.3) is 0 Å². The van der Waals surface area contributed by atoms with Gasteiger partial charge in [0.2, 0.25) is 5.91 Å². The van der Waals surface area contributed by atoms with Crippen molar-refractivity contribution < 1.29 is 22.7 Å². The third-order valence-corrected chi connectivity index (χ3v) is 2.86. The number of ether oxygens (including phenoxy) is 1. The normalized spacial score (nSPS) is 21.1. The molecule has 1 saturated heterocycles. The maximum absolute atomic E-state index is 11.9. The third-order valence-electron chi connectivity index (χ3n) is 2.86. The number of nitrogens with zero attached hydrogens (tertiary/aromatic N) is 1. The Bertz CT molecular complexity index is 270. The van der Waals surface area contributed by atoms with Crippen molar-refractivity contribution in [2.75, 3.05) is 39.9 Å². The van der Waals surface area contributed by atoms with Crippen molar-refractivity contribution in [2.24, 2.45) is 5.92 Å². The lowest BCUT2D eigenvalue weighted by molar-refractivity contribution is -0.178. The van der Waals surface area contributed by atoms with E-state index in [4.69, 9.17) is 0 Å². The minimum absolute atomic E-state index is 0.361. The molecule has 0 saturated carbocycles. The smallest absolute Gasteiger partial charge is 0.362 e. The zero-order chi connectivity index (χ0) is 13.6. The average Bonchev–Trinajstić information content (AvgIpc) is 2.28. The largest absolute Gasteiger partial charge is 0.411 e. The van der Waals surface area contributed by atoms with Gasteiger partial charge in [-0.15, -0.1) is 0 Å². The highest BCUT2D eigenvalue weighted by Gasteiger charge is 2.29. The number of rotatable bonds is 5. The molecule has 0 aromatic heterocycles. The van der Waals surface area contributed by atoms with Crippen molar-refractivity contribution in [3.8, 4) is 0 Å². The second kappa shape index (κ2) is 6.94. The number of alkyl halides is 3. The number of likely N-dealkylation sites (tertiary alicyclic amines) is 1. The van der Waals surface area contributed by atoms with E-state index in [-0.39, 0.29) is 5.91 Å². The number of piperidine rings is 1. The summed E-state index contributed by atoms with van der Waals surface area (Å²) in [5, 5.41) is 3.04. The summed E-state index contributed by atoms with van der Waals surface area (Å²) in [5.74, 6) is 0.00960. The summed E-state index contributed by atoms with van der Waals surface area (Å²) in [6.45, 7) is 0.148. The Balaban J connectivity index is 2.28. The maximum atomic E-state index is 11.9. The zero-order valence-electron chi connectivity index (χ0n) is 10.4. The summed E-state index contributed by atoms with van der Waals surface area (Å²) in [6, 6.07) is 0.